The maximum absolute atomic E-state index is 4.72. The summed E-state index contributed by atoms with van der Waals surface area (Å²) in [6.45, 7) is 3.35. The van der Waals surface area contributed by atoms with Gasteiger partial charge in [0.25, 0.3) is 0 Å². The Morgan fingerprint density at radius 2 is 1.38 bits per heavy atom. The molecule has 24 heavy (non-hydrogen) atoms. The minimum Gasteiger partial charge on any atom is -0.337 e. The maximum Gasteiger partial charge on any atom is 0.228 e. The van der Waals surface area contributed by atoms with Gasteiger partial charge in [0.05, 0.1) is 5.69 Å². The van der Waals surface area contributed by atoms with Gasteiger partial charge in [-0.2, -0.15) is 0 Å². The van der Waals surface area contributed by atoms with Crippen molar-refractivity contribution in [3.05, 3.63) is 55.2 Å². The summed E-state index contributed by atoms with van der Waals surface area (Å²) in [5.74, 6) is 1.50. The third-order valence-electron chi connectivity index (χ3n) is 4.04. The second-order valence-corrected chi connectivity index (χ2v) is 5.52. The van der Waals surface area contributed by atoms with Gasteiger partial charge >= 0.3 is 0 Å². The molecule has 1 aliphatic rings. The summed E-state index contributed by atoms with van der Waals surface area (Å²) in [7, 11) is 0. The van der Waals surface area contributed by atoms with Crippen LogP contribution in [0.25, 0.3) is 11.3 Å². The van der Waals surface area contributed by atoms with E-state index in [1.807, 2.05) is 30.5 Å². The molecular formula is C17H17N7. The molecule has 2 aromatic heterocycles. The highest BCUT2D eigenvalue weighted by molar-refractivity contribution is 5.60. The van der Waals surface area contributed by atoms with Crippen LogP contribution >= 0.6 is 0 Å². The van der Waals surface area contributed by atoms with Gasteiger partial charge in [0.1, 0.15) is 12.7 Å². The van der Waals surface area contributed by atoms with E-state index in [4.69, 9.17) is 4.98 Å². The molecule has 7 heteroatoms. The molecule has 0 radical (unpaired) electrons. The fourth-order valence-corrected chi connectivity index (χ4v) is 2.77. The highest BCUT2D eigenvalue weighted by Gasteiger charge is 2.20. The molecule has 3 aromatic rings. The summed E-state index contributed by atoms with van der Waals surface area (Å²) in [5, 5.41) is 0. The molecule has 0 atom stereocenters. The van der Waals surface area contributed by atoms with Crippen LogP contribution in [0.4, 0.5) is 11.9 Å². The summed E-state index contributed by atoms with van der Waals surface area (Å²) in [6, 6.07) is 12.1. The number of benzene rings is 1. The smallest absolute Gasteiger partial charge is 0.228 e. The first-order chi connectivity index (χ1) is 11.9. The molecule has 3 heterocycles. The first-order valence-corrected chi connectivity index (χ1v) is 7.90. The molecule has 1 saturated heterocycles. The topological polar surface area (TPSA) is 70.9 Å². The Labute approximate surface area is 140 Å². The molecule has 0 N–H and O–H groups in total. The SMILES string of the molecule is c1ccc(-c2ccnc(N3CCN(c4ncncn4)CC3)n2)cc1. The minimum atomic E-state index is 0.726. The second kappa shape index (κ2) is 6.57. The Morgan fingerprint density at radius 1 is 0.708 bits per heavy atom. The van der Waals surface area contributed by atoms with Crippen LogP contribution in [0.3, 0.4) is 0 Å². The number of hydrogen-bond donors (Lipinski definition) is 0. The van der Waals surface area contributed by atoms with Gasteiger partial charge in [-0.3, -0.25) is 0 Å². The van der Waals surface area contributed by atoms with Crippen molar-refractivity contribution in [1.29, 1.82) is 0 Å². The number of aromatic nitrogens is 5. The van der Waals surface area contributed by atoms with Crippen molar-refractivity contribution < 1.29 is 0 Å². The van der Waals surface area contributed by atoms with E-state index < -0.39 is 0 Å². The van der Waals surface area contributed by atoms with Crippen LogP contribution in [0.5, 0.6) is 0 Å². The lowest BCUT2D eigenvalue weighted by atomic mass is 10.1. The van der Waals surface area contributed by atoms with Crippen molar-refractivity contribution in [3.63, 3.8) is 0 Å². The molecule has 4 rings (SSSR count). The largest absolute Gasteiger partial charge is 0.337 e. The average Bonchev–Trinajstić information content (AvgIpc) is 2.70. The molecule has 0 bridgehead atoms. The van der Waals surface area contributed by atoms with Crippen LogP contribution in [0.15, 0.2) is 55.2 Å². The molecule has 7 nitrogen and oxygen atoms in total. The van der Waals surface area contributed by atoms with Gasteiger partial charge < -0.3 is 9.80 Å². The number of anilines is 2. The van der Waals surface area contributed by atoms with E-state index in [0.29, 0.717) is 0 Å². The third-order valence-corrected chi connectivity index (χ3v) is 4.04. The Bertz CT molecular complexity index is 786. The van der Waals surface area contributed by atoms with E-state index in [1.54, 1.807) is 0 Å². The third kappa shape index (κ3) is 3.01. The Morgan fingerprint density at radius 3 is 2.08 bits per heavy atom. The van der Waals surface area contributed by atoms with Crippen LogP contribution in [-0.4, -0.2) is 51.1 Å². The van der Waals surface area contributed by atoms with Crippen LogP contribution in [0.2, 0.25) is 0 Å². The zero-order valence-corrected chi connectivity index (χ0v) is 13.2. The van der Waals surface area contributed by atoms with E-state index in [-0.39, 0.29) is 0 Å². The first-order valence-electron chi connectivity index (χ1n) is 7.90. The van der Waals surface area contributed by atoms with Crippen LogP contribution < -0.4 is 9.80 Å². The normalized spacial score (nSPS) is 14.7. The van der Waals surface area contributed by atoms with Gasteiger partial charge in [0, 0.05) is 37.9 Å². The number of hydrogen-bond acceptors (Lipinski definition) is 7. The quantitative estimate of drug-likeness (QED) is 0.727. The lowest BCUT2D eigenvalue weighted by Crippen LogP contribution is -2.47. The van der Waals surface area contributed by atoms with Crippen LogP contribution in [0.1, 0.15) is 0 Å². The predicted octanol–water partition coefficient (Wildman–Crippen LogP) is 1.66. The van der Waals surface area contributed by atoms with E-state index in [0.717, 1.165) is 49.3 Å². The van der Waals surface area contributed by atoms with Crippen LogP contribution in [-0.2, 0) is 0 Å². The standard InChI is InChI=1S/C17H17N7/c1-2-4-14(5-3-1)15-6-7-19-17(22-15)24-10-8-23(9-11-24)16-20-12-18-13-21-16/h1-7,12-13H,8-11H2. The monoisotopic (exact) mass is 319 g/mol. The maximum atomic E-state index is 4.72. The number of nitrogens with zero attached hydrogens (tertiary/aromatic N) is 7. The molecule has 0 unspecified atom stereocenters. The molecular weight excluding hydrogens is 302 g/mol. The van der Waals surface area contributed by atoms with E-state index in [9.17, 15) is 0 Å². The molecule has 0 amide bonds. The van der Waals surface area contributed by atoms with Gasteiger partial charge in [0.15, 0.2) is 0 Å². The van der Waals surface area contributed by atoms with Gasteiger partial charge in [-0.15, -0.1) is 0 Å². The minimum absolute atomic E-state index is 0.726. The Kier molecular flexibility index (Phi) is 3.97. The highest BCUT2D eigenvalue weighted by atomic mass is 15.4. The van der Waals surface area contributed by atoms with Crippen molar-refractivity contribution in [1.82, 2.24) is 24.9 Å². The molecule has 0 saturated carbocycles. The predicted molar refractivity (Wildman–Crippen MR) is 91.7 cm³/mol. The van der Waals surface area contributed by atoms with E-state index in [1.165, 1.54) is 12.7 Å². The fourth-order valence-electron chi connectivity index (χ4n) is 2.77. The molecule has 120 valence electrons. The zero-order chi connectivity index (χ0) is 16.2. The first kappa shape index (κ1) is 14.5. The summed E-state index contributed by atoms with van der Waals surface area (Å²) >= 11 is 0. The van der Waals surface area contributed by atoms with Crippen molar-refractivity contribution in [3.8, 4) is 11.3 Å². The van der Waals surface area contributed by atoms with Gasteiger partial charge in [-0.05, 0) is 6.07 Å². The second-order valence-electron chi connectivity index (χ2n) is 5.52. The summed E-state index contributed by atoms with van der Waals surface area (Å²) in [4.78, 5) is 25.8. The van der Waals surface area contributed by atoms with Crippen molar-refractivity contribution in [2.75, 3.05) is 36.0 Å². The Hall–Kier alpha value is -3.09. The summed E-state index contributed by atoms with van der Waals surface area (Å²) in [5.41, 5.74) is 2.05. The van der Waals surface area contributed by atoms with Crippen molar-refractivity contribution in [2.45, 2.75) is 0 Å². The van der Waals surface area contributed by atoms with Gasteiger partial charge in [-0.1, -0.05) is 30.3 Å². The average molecular weight is 319 g/mol. The number of rotatable bonds is 3. The van der Waals surface area contributed by atoms with E-state index >= 15 is 0 Å². The summed E-state index contributed by atoms with van der Waals surface area (Å²) < 4.78 is 0. The van der Waals surface area contributed by atoms with Crippen LogP contribution in [0, 0.1) is 0 Å². The van der Waals surface area contributed by atoms with Crippen molar-refractivity contribution in [2.24, 2.45) is 0 Å². The Balaban J connectivity index is 1.48. The van der Waals surface area contributed by atoms with E-state index in [2.05, 4.69) is 41.9 Å². The lowest BCUT2D eigenvalue weighted by molar-refractivity contribution is 0.626. The zero-order valence-electron chi connectivity index (χ0n) is 13.2. The highest BCUT2D eigenvalue weighted by Crippen LogP contribution is 2.20. The molecule has 1 fully saturated rings. The fraction of sp³-hybridized carbons (Fsp3) is 0.235. The molecule has 0 spiro atoms. The lowest BCUT2D eigenvalue weighted by Gasteiger charge is -2.34. The molecule has 1 aliphatic heterocycles. The molecule has 1 aromatic carbocycles. The summed E-state index contributed by atoms with van der Waals surface area (Å²) in [6.07, 6.45) is 4.88. The van der Waals surface area contributed by atoms with Gasteiger partial charge in [-0.25, -0.2) is 24.9 Å². The molecule has 0 aliphatic carbocycles. The van der Waals surface area contributed by atoms with Crippen molar-refractivity contribution >= 4 is 11.9 Å². The van der Waals surface area contributed by atoms with Gasteiger partial charge in [0.2, 0.25) is 11.9 Å². The number of piperazine rings is 1.